The van der Waals surface area contributed by atoms with E-state index >= 15 is 0 Å². The van der Waals surface area contributed by atoms with Gasteiger partial charge in [-0.3, -0.25) is 5.43 Å². The Labute approximate surface area is 178 Å². The molecule has 0 amide bonds. The van der Waals surface area contributed by atoms with E-state index < -0.39 is 10.0 Å². The summed E-state index contributed by atoms with van der Waals surface area (Å²) in [7, 11) is -1.89. The summed E-state index contributed by atoms with van der Waals surface area (Å²) in [6, 6.07) is 8.71. The summed E-state index contributed by atoms with van der Waals surface area (Å²) >= 11 is 0. The van der Waals surface area contributed by atoms with Crippen LogP contribution >= 0.6 is 0 Å². The zero-order valence-electron chi connectivity index (χ0n) is 17.4. The van der Waals surface area contributed by atoms with Gasteiger partial charge in [-0.2, -0.15) is 9.41 Å². The molecule has 3 rings (SSSR count). The lowest BCUT2D eigenvalue weighted by Crippen LogP contribution is -2.35. The van der Waals surface area contributed by atoms with Crippen LogP contribution in [0.25, 0.3) is 0 Å². The van der Waals surface area contributed by atoms with Crippen LogP contribution in [0.5, 0.6) is 11.5 Å². The second-order valence-corrected chi connectivity index (χ2v) is 8.91. The van der Waals surface area contributed by atoms with Crippen LogP contribution in [0.3, 0.4) is 0 Å². The van der Waals surface area contributed by atoms with Gasteiger partial charge < -0.3 is 9.47 Å². The number of aromatic nitrogens is 1. The molecule has 0 spiro atoms. The molecule has 0 unspecified atom stereocenters. The lowest BCUT2D eigenvalue weighted by Gasteiger charge is -2.25. The third-order valence-electron chi connectivity index (χ3n) is 4.73. The molecular formula is C21H28N4O4S. The molecule has 1 aliphatic heterocycles. The van der Waals surface area contributed by atoms with Gasteiger partial charge in [-0.25, -0.2) is 13.4 Å². The fourth-order valence-electron chi connectivity index (χ4n) is 3.12. The summed E-state index contributed by atoms with van der Waals surface area (Å²) in [6.45, 7) is 3.81. The van der Waals surface area contributed by atoms with Crippen LogP contribution in [-0.4, -0.2) is 50.7 Å². The number of sulfonamides is 1. The molecule has 2 aromatic rings. The molecule has 1 saturated heterocycles. The van der Waals surface area contributed by atoms with Crippen molar-refractivity contribution < 1.29 is 17.9 Å². The van der Waals surface area contributed by atoms with Crippen molar-refractivity contribution in [3.05, 3.63) is 42.1 Å². The maximum Gasteiger partial charge on any atom is 0.244 e. The first-order valence-corrected chi connectivity index (χ1v) is 11.5. The minimum atomic E-state index is -3.48. The van der Waals surface area contributed by atoms with E-state index in [1.54, 1.807) is 25.5 Å². The number of hydrogen-bond donors (Lipinski definition) is 1. The molecule has 30 heavy (non-hydrogen) atoms. The Morgan fingerprint density at radius 2 is 1.97 bits per heavy atom. The summed E-state index contributed by atoms with van der Waals surface area (Å²) in [5, 5.41) is 4.17. The smallest absolute Gasteiger partial charge is 0.244 e. The first kappa shape index (κ1) is 22.0. The average Bonchev–Trinajstić information content (AvgIpc) is 2.79. The Bertz CT molecular complexity index is 955. The van der Waals surface area contributed by atoms with Crippen molar-refractivity contribution in [1.29, 1.82) is 0 Å². The number of benzene rings is 1. The molecule has 8 nitrogen and oxygen atoms in total. The summed E-state index contributed by atoms with van der Waals surface area (Å²) in [5.41, 5.74) is 3.64. The van der Waals surface area contributed by atoms with Gasteiger partial charge in [0.05, 0.1) is 19.9 Å². The van der Waals surface area contributed by atoms with E-state index in [1.165, 1.54) is 10.5 Å². The fourth-order valence-corrected chi connectivity index (χ4v) is 4.59. The van der Waals surface area contributed by atoms with Gasteiger partial charge in [0.1, 0.15) is 10.7 Å². The quantitative estimate of drug-likeness (QED) is 0.482. The van der Waals surface area contributed by atoms with E-state index in [-0.39, 0.29) is 4.90 Å². The van der Waals surface area contributed by atoms with Crippen LogP contribution in [0.2, 0.25) is 0 Å². The SMILES string of the molecule is CCCOc1ccc(/C=N/Nc2ccc(S(=O)(=O)N3CCCCC3)cn2)cc1OC. The minimum Gasteiger partial charge on any atom is -0.493 e. The van der Waals surface area contributed by atoms with Crippen molar-refractivity contribution >= 4 is 22.1 Å². The number of nitrogens with one attached hydrogen (secondary N) is 1. The zero-order valence-corrected chi connectivity index (χ0v) is 18.2. The summed E-state index contributed by atoms with van der Waals surface area (Å²) in [4.78, 5) is 4.38. The van der Waals surface area contributed by atoms with Crippen molar-refractivity contribution in [2.24, 2.45) is 5.10 Å². The highest BCUT2D eigenvalue weighted by Crippen LogP contribution is 2.27. The number of piperidine rings is 1. The number of anilines is 1. The normalized spacial score (nSPS) is 15.3. The standard InChI is InChI=1S/C21H28N4O4S/c1-3-13-29-19-9-7-17(14-20(19)28-2)15-23-24-21-10-8-18(16-22-21)30(26,27)25-11-5-4-6-12-25/h7-10,14-16H,3-6,11-13H2,1-2H3,(H,22,24)/b23-15+. The third kappa shape index (κ3) is 5.48. The van der Waals surface area contributed by atoms with Gasteiger partial charge in [-0.1, -0.05) is 13.3 Å². The Morgan fingerprint density at radius 3 is 2.63 bits per heavy atom. The van der Waals surface area contributed by atoms with E-state index in [9.17, 15) is 8.42 Å². The van der Waals surface area contributed by atoms with Gasteiger partial charge in [0.15, 0.2) is 11.5 Å². The molecule has 0 aliphatic carbocycles. The first-order valence-electron chi connectivity index (χ1n) is 10.1. The lowest BCUT2D eigenvalue weighted by atomic mass is 10.2. The van der Waals surface area contributed by atoms with E-state index in [1.807, 2.05) is 25.1 Å². The molecule has 9 heteroatoms. The average molecular weight is 433 g/mol. The van der Waals surface area contributed by atoms with E-state index in [0.717, 1.165) is 31.2 Å². The molecule has 1 N–H and O–H groups in total. The van der Waals surface area contributed by atoms with Crippen LogP contribution in [0.4, 0.5) is 5.82 Å². The van der Waals surface area contributed by atoms with Crippen molar-refractivity contribution in [2.45, 2.75) is 37.5 Å². The highest BCUT2D eigenvalue weighted by atomic mass is 32.2. The van der Waals surface area contributed by atoms with E-state index in [4.69, 9.17) is 9.47 Å². The Hall–Kier alpha value is -2.65. The maximum absolute atomic E-state index is 12.7. The number of hydrogen-bond acceptors (Lipinski definition) is 7. The molecule has 0 radical (unpaired) electrons. The highest BCUT2D eigenvalue weighted by Gasteiger charge is 2.26. The van der Waals surface area contributed by atoms with E-state index in [2.05, 4.69) is 15.5 Å². The first-order chi connectivity index (χ1) is 14.5. The third-order valence-corrected chi connectivity index (χ3v) is 6.61. The molecule has 1 aromatic carbocycles. The van der Waals surface area contributed by atoms with Gasteiger partial charge in [-0.05, 0) is 55.2 Å². The molecule has 162 valence electrons. The van der Waals surface area contributed by atoms with Crippen molar-refractivity contribution in [3.63, 3.8) is 0 Å². The predicted molar refractivity (Wildman–Crippen MR) is 117 cm³/mol. The van der Waals surface area contributed by atoms with Crippen LogP contribution in [0, 0.1) is 0 Å². The Kier molecular flexibility index (Phi) is 7.64. The largest absolute Gasteiger partial charge is 0.493 e. The minimum absolute atomic E-state index is 0.200. The Balaban J connectivity index is 1.62. The topological polar surface area (TPSA) is 93.1 Å². The number of ether oxygens (including phenoxy) is 2. The molecule has 0 atom stereocenters. The molecule has 1 aromatic heterocycles. The van der Waals surface area contributed by atoms with Crippen LogP contribution in [0.1, 0.15) is 38.2 Å². The van der Waals surface area contributed by atoms with Crippen LogP contribution < -0.4 is 14.9 Å². The number of pyridine rings is 1. The zero-order chi connectivity index (χ0) is 21.4. The van der Waals surface area contributed by atoms with Crippen LogP contribution in [-0.2, 0) is 10.0 Å². The summed E-state index contributed by atoms with van der Waals surface area (Å²) < 4.78 is 37.9. The van der Waals surface area contributed by atoms with Gasteiger partial charge >= 0.3 is 0 Å². The molecule has 1 aliphatic rings. The predicted octanol–water partition coefficient (Wildman–Crippen LogP) is 3.50. The van der Waals surface area contributed by atoms with Crippen molar-refractivity contribution in [3.8, 4) is 11.5 Å². The summed E-state index contributed by atoms with van der Waals surface area (Å²) in [6.07, 6.45) is 6.79. The lowest BCUT2D eigenvalue weighted by molar-refractivity contribution is 0.294. The number of rotatable bonds is 9. The molecular weight excluding hydrogens is 404 g/mol. The highest BCUT2D eigenvalue weighted by molar-refractivity contribution is 7.89. The maximum atomic E-state index is 12.7. The second-order valence-electron chi connectivity index (χ2n) is 6.97. The van der Waals surface area contributed by atoms with Gasteiger partial charge in [0.2, 0.25) is 10.0 Å². The van der Waals surface area contributed by atoms with Gasteiger partial charge in [0, 0.05) is 19.3 Å². The molecule has 0 saturated carbocycles. The van der Waals surface area contributed by atoms with E-state index in [0.29, 0.717) is 37.0 Å². The van der Waals surface area contributed by atoms with Crippen LogP contribution in [0.15, 0.2) is 46.5 Å². The van der Waals surface area contributed by atoms with Gasteiger partial charge in [0.25, 0.3) is 0 Å². The van der Waals surface area contributed by atoms with Gasteiger partial charge in [-0.15, -0.1) is 0 Å². The molecule has 0 bridgehead atoms. The molecule has 1 fully saturated rings. The fraction of sp³-hybridized carbons (Fsp3) is 0.429. The molecule has 2 heterocycles. The Morgan fingerprint density at radius 1 is 1.17 bits per heavy atom. The number of methoxy groups -OCH3 is 1. The number of nitrogens with zero attached hydrogens (tertiary/aromatic N) is 3. The second kappa shape index (κ2) is 10.4. The van der Waals surface area contributed by atoms with Crippen molar-refractivity contribution in [2.75, 3.05) is 32.2 Å². The van der Waals surface area contributed by atoms with Crippen molar-refractivity contribution in [1.82, 2.24) is 9.29 Å². The summed E-state index contributed by atoms with van der Waals surface area (Å²) in [5.74, 6) is 1.79. The monoisotopic (exact) mass is 432 g/mol. The number of hydrazone groups is 1.